The summed E-state index contributed by atoms with van der Waals surface area (Å²) < 4.78 is 0. The lowest BCUT2D eigenvalue weighted by atomic mass is 9.96. The molecule has 0 saturated carbocycles. The van der Waals surface area contributed by atoms with Crippen molar-refractivity contribution in [1.82, 2.24) is 0 Å². The SMILES string of the molecule is N#Cc1cccc2c1CCc1ccccc1C2=O. The van der Waals surface area contributed by atoms with E-state index in [1.54, 1.807) is 12.1 Å². The topological polar surface area (TPSA) is 40.9 Å². The summed E-state index contributed by atoms with van der Waals surface area (Å²) in [6.07, 6.45) is 1.56. The molecule has 1 aliphatic rings. The summed E-state index contributed by atoms with van der Waals surface area (Å²) >= 11 is 0. The van der Waals surface area contributed by atoms with Crippen molar-refractivity contribution in [1.29, 1.82) is 5.26 Å². The Labute approximate surface area is 105 Å². The molecule has 18 heavy (non-hydrogen) atoms. The smallest absolute Gasteiger partial charge is 0.193 e. The number of carbonyl (C=O) groups is 1. The van der Waals surface area contributed by atoms with Gasteiger partial charge in [-0.3, -0.25) is 4.79 Å². The van der Waals surface area contributed by atoms with Crippen LogP contribution in [0.25, 0.3) is 0 Å². The van der Waals surface area contributed by atoms with Crippen molar-refractivity contribution in [3.05, 3.63) is 70.3 Å². The van der Waals surface area contributed by atoms with Crippen molar-refractivity contribution in [2.45, 2.75) is 12.8 Å². The lowest BCUT2D eigenvalue weighted by molar-refractivity contribution is 0.103. The van der Waals surface area contributed by atoms with Crippen LogP contribution < -0.4 is 0 Å². The molecule has 0 aliphatic heterocycles. The number of carbonyl (C=O) groups excluding carboxylic acids is 1. The van der Waals surface area contributed by atoms with Crippen molar-refractivity contribution in [3.8, 4) is 6.07 Å². The van der Waals surface area contributed by atoms with E-state index in [4.69, 9.17) is 5.26 Å². The summed E-state index contributed by atoms with van der Waals surface area (Å²) in [6.45, 7) is 0. The zero-order valence-electron chi connectivity index (χ0n) is 9.81. The van der Waals surface area contributed by atoms with Crippen LogP contribution in [0.5, 0.6) is 0 Å². The second-order valence-corrected chi connectivity index (χ2v) is 4.43. The van der Waals surface area contributed by atoms with Gasteiger partial charge in [0.05, 0.1) is 11.6 Å². The van der Waals surface area contributed by atoms with Crippen LogP contribution in [-0.2, 0) is 12.8 Å². The van der Waals surface area contributed by atoms with Crippen LogP contribution in [0, 0.1) is 11.3 Å². The first-order valence-corrected chi connectivity index (χ1v) is 5.96. The van der Waals surface area contributed by atoms with E-state index in [9.17, 15) is 4.79 Å². The van der Waals surface area contributed by atoms with Gasteiger partial charge in [-0.25, -0.2) is 0 Å². The Morgan fingerprint density at radius 3 is 2.56 bits per heavy atom. The number of fused-ring (bicyclic) bond motifs is 2. The standard InChI is InChI=1S/C16H11NO/c17-10-12-5-3-7-15-13(12)9-8-11-4-1-2-6-14(11)16(15)18/h1-7H,8-9H2. The first-order valence-electron chi connectivity index (χ1n) is 5.96. The Balaban J connectivity index is 2.25. The second kappa shape index (κ2) is 4.12. The Hall–Kier alpha value is -2.40. The minimum atomic E-state index is 0.0372. The Morgan fingerprint density at radius 1 is 0.944 bits per heavy atom. The Kier molecular flexibility index (Phi) is 2.46. The van der Waals surface area contributed by atoms with Crippen LogP contribution in [-0.4, -0.2) is 5.78 Å². The fourth-order valence-corrected chi connectivity index (χ4v) is 2.54. The van der Waals surface area contributed by atoms with E-state index < -0.39 is 0 Å². The van der Waals surface area contributed by atoms with Crippen LogP contribution >= 0.6 is 0 Å². The van der Waals surface area contributed by atoms with Crippen LogP contribution in [0.3, 0.4) is 0 Å². The number of hydrogen-bond donors (Lipinski definition) is 0. The second-order valence-electron chi connectivity index (χ2n) is 4.43. The maximum absolute atomic E-state index is 12.5. The fourth-order valence-electron chi connectivity index (χ4n) is 2.54. The van der Waals surface area contributed by atoms with Crippen molar-refractivity contribution < 1.29 is 4.79 Å². The van der Waals surface area contributed by atoms with Gasteiger partial charge in [0.15, 0.2) is 5.78 Å². The van der Waals surface area contributed by atoms with Gasteiger partial charge in [-0.05, 0) is 30.0 Å². The number of rotatable bonds is 0. The molecular formula is C16H11NO. The quantitative estimate of drug-likeness (QED) is 0.702. The summed E-state index contributed by atoms with van der Waals surface area (Å²) in [5.74, 6) is 0.0372. The Bertz CT molecular complexity index is 680. The average molecular weight is 233 g/mol. The lowest BCUT2D eigenvalue weighted by Crippen LogP contribution is -2.04. The highest BCUT2D eigenvalue weighted by Gasteiger charge is 2.22. The largest absolute Gasteiger partial charge is 0.289 e. The van der Waals surface area contributed by atoms with Crippen molar-refractivity contribution in [2.75, 3.05) is 0 Å². The van der Waals surface area contributed by atoms with Gasteiger partial charge in [0.1, 0.15) is 0 Å². The van der Waals surface area contributed by atoms with E-state index in [0.717, 1.165) is 29.5 Å². The monoisotopic (exact) mass is 233 g/mol. The first-order chi connectivity index (χ1) is 8.81. The minimum Gasteiger partial charge on any atom is -0.289 e. The van der Waals surface area contributed by atoms with Gasteiger partial charge in [0.2, 0.25) is 0 Å². The van der Waals surface area contributed by atoms with E-state index in [1.165, 1.54) is 0 Å². The van der Waals surface area contributed by atoms with Gasteiger partial charge in [-0.1, -0.05) is 36.4 Å². The highest BCUT2D eigenvalue weighted by atomic mass is 16.1. The third kappa shape index (κ3) is 1.53. The summed E-state index contributed by atoms with van der Waals surface area (Å²) in [4.78, 5) is 12.5. The number of benzene rings is 2. The number of hydrogen-bond acceptors (Lipinski definition) is 2. The molecule has 0 aromatic heterocycles. The Morgan fingerprint density at radius 2 is 1.72 bits per heavy atom. The van der Waals surface area contributed by atoms with Crippen LogP contribution in [0.1, 0.15) is 32.6 Å². The van der Waals surface area contributed by atoms with E-state index in [0.29, 0.717) is 11.1 Å². The zero-order valence-corrected chi connectivity index (χ0v) is 9.81. The van der Waals surface area contributed by atoms with E-state index in [1.807, 2.05) is 30.3 Å². The van der Waals surface area contributed by atoms with E-state index in [2.05, 4.69) is 6.07 Å². The highest BCUT2D eigenvalue weighted by Crippen LogP contribution is 2.26. The molecule has 86 valence electrons. The zero-order chi connectivity index (χ0) is 12.5. The minimum absolute atomic E-state index is 0.0372. The molecule has 2 nitrogen and oxygen atoms in total. The predicted octanol–water partition coefficient (Wildman–Crippen LogP) is 2.89. The van der Waals surface area contributed by atoms with Gasteiger partial charge >= 0.3 is 0 Å². The average Bonchev–Trinajstić information content (AvgIpc) is 2.57. The molecule has 2 aromatic carbocycles. The van der Waals surface area contributed by atoms with E-state index in [-0.39, 0.29) is 5.78 Å². The fraction of sp³-hybridized carbons (Fsp3) is 0.125. The molecule has 1 aliphatic carbocycles. The van der Waals surface area contributed by atoms with Crippen molar-refractivity contribution >= 4 is 5.78 Å². The lowest BCUT2D eigenvalue weighted by Gasteiger charge is -2.05. The molecule has 3 rings (SSSR count). The van der Waals surface area contributed by atoms with Gasteiger partial charge < -0.3 is 0 Å². The number of aryl methyl sites for hydroxylation is 1. The molecule has 0 heterocycles. The molecule has 0 bridgehead atoms. The van der Waals surface area contributed by atoms with Crippen molar-refractivity contribution in [3.63, 3.8) is 0 Å². The molecule has 0 amide bonds. The first kappa shape index (κ1) is 10.7. The third-order valence-corrected chi connectivity index (χ3v) is 3.45. The summed E-state index contributed by atoms with van der Waals surface area (Å²) in [5.41, 5.74) is 4.03. The number of ketones is 1. The molecule has 0 saturated heterocycles. The molecule has 0 fully saturated rings. The number of nitrogens with zero attached hydrogens (tertiary/aromatic N) is 1. The third-order valence-electron chi connectivity index (χ3n) is 3.45. The molecule has 2 heteroatoms. The maximum atomic E-state index is 12.5. The molecule has 2 aromatic rings. The van der Waals surface area contributed by atoms with Gasteiger partial charge in [0, 0.05) is 11.1 Å². The summed E-state index contributed by atoms with van der Waals surface area (Å²) in [6, 6.07) is 15.3. The summed E-state index contributed by atoms with van der Waals surface area (Å²) in [7, 11) is 0. The van der Waals surface area contributed by atoms with Crippen LogP contribution in [0.2, 0.25) is 0 Å². The van der Waals surface area contributed by atoms with Gasteiger partial charge in [-0.2, -0.15) is 5.26 Å². The highest BCUT2D eigenvalue weighted by molar-refractivity contribution is 6.11. The van der Waals surface area contributed by atoms with Crippen LogP contribution in [0.15, 0.2) is 42.5 Å². The maximum Gasteiger partial charge on any atom is 0.193 e. The predicted molar refractivity (Wildman–Crippen MR) is 68.4 cm³/mol. The summed E-state index contributed by atoms with van der Waals surface area (Å²) in [5, 5.41) is 9.13. The molecule has 0 unspecified atom stereocenters. The molecule has 0 N–H and O–H groups in total. The molecule has 0 radical (unpaired) electrons. The normalized spacial score (nSPS) is 13.2. The van der Waals surface area contributed by atoms with Gasteiger partial charge in [-0.15, -0.1) is 0 Å². The van der Waals surface area contributed by atoms with Crippen LogP contribution in [0.4, 0.5) is 0 Å². The molecule has 0 atom stereocenters. The van der Waals surface area contributed by atoms with Gasteiger partial charge in [0.25, 0.3) is 0 Å². The number of nitriles is 1. The van der Waals surface area contributed by atoms with E-state index >= 15 is 0 Å². The molecular weight excluding hydrogens is 222 g/mol. The van der Waals surface area contributed by atoms with Crippen molar-refractivity contribution in [2.24, 2.45) is 0 Å². The molecule has 0 spiro atoms.